The number of carbonyl (C=O) groups is 1. The van der Waals surface area contributed by atoms with Gasteiger partial charge in [0, 0.05) is 29.8 Å². The quantitative estimate of drug-likeness (QED) is 0.337. The fraction of sp³-hybridized carbons (Fsp3) is 0.310. The SMILES string of the molecule is COc1ccccc1-c1cc2c(cc1OC)CCn1c(C(=O)NCC(C)(C)C)nc(-c3cccs3)c1-2. The molecule has 5 rings (SSSR count). The summed E-state index contributed by atoms with van der Waals surface area (Å²) < 4.78 is 13.6. The number of imidazole rings is 1. The summed E-state index contributed by atoms with van der Waals surface area (Å²) in [4.78, 5) is 19.3. The Morgan fingerprint density at radius 3 is 2.50 bits per heavy atom. The smallest absolute Gasteiger partial charge is 0.287 e. The van der Waals surface area contributed by atoms with Crippen LogP contribution in [0.4, 0.5) is 0 Å². The molecule has 0 saturated heterocycles. The van der Waals surface area contributed by atoms with Crippen molar-refractivity contribution in [2.24, 2.45) is 5.41 Å². The molecular weight excluding hydrogens is 470 g/mol. The Kier molecular flexibility index (Phi) is 6.35. The zero-order valence-electron chi connectivity index (χ0n) is 21.3. The van der Waals surface area contributed by atoms with Crippen LogP contribution in [0.3, 0.4) is 0 Å². The molecule has 4 aromatic rings. The van der Waals surface area contributed by atoms with Gasteiger partial charge in [-0.15, -0.1) is 11.3 Å². The van der Waals surface area contributed by atoms with Crippen LogP contribution in [-0.2, 0) is 13.0 Å². The molecule has 6 nitrogen and oxygen atoms in total. The number of thiophene rings is 1. The Balaban J connectivity index is 1.70. The summed E-state index contributed by atoms with van der Waals surface area (Å²) in [5.74, 6) is 1.89. The van der Waals surface area contributed by atoms with Crippen molar-refractivity contribution in [2.45, 2.75) is 33.7 Å². The molecule has 0 saturated carbocycles. The van der Waals surface area contributed by atoms with E-state index in [2.05, 4.69) is 48.9 Å². The highest BCUT2D eigenvalue weighted by Crippen LogP contribution is 2.45. The minimum atomic E-state index is -0.143. The van der Waals surface area contributed by atoms with Crippen LogP contribution < -0.4 is 14.8 Å². The maximum absolute atomic E-state index is 13.3. The maximum Gasteiger partial charge on any atom is 0.287 e. The first-order valence-electron chi connectivity index (χ1n) is 12.1. The third kappa shape index (κ3) is 4.39. The van der Waals surface area contributed by atoms with E-state index in [1.807, 2.05) is 35.7 Å². The normalized spacial score (nSPS) is 12.6. The van der Waals surface area contributed by atoms with Gasteiger partial charge in [-0.25, -0.2) is 4.98 Å². The van der Waals surface area contributed by atoms with Gasteiger partial charge in [0.25, 0.3) is 5.91 Å². The van der Waals surface area contributed by atoms with Gasteiger partial charge in [0.05, 0.1) is 24.8 Å². The molecule has 0 fully saturated rings. The van der Waals surface area contributed by atoms with Crippen molar-refractivity contribution in [3.05, 3.63) is 65.3 Å². The lowest BCUT2D eigenvalue weighted by molar-refractivity contribution is 0.0924. The van der Waals surface area contributed by atoms with Crippen LogP contribution in [0.2, 0.25) is 0 Å². The minimum Gasteiger partial charge on any atom is -0.496 e. The van der Waals surface area contributed by atoms with Gasteiger partial charge in [0.2, 0.25) is 0 Å². The molecule has 0 radical (unpaired) electrons. The maximum atomic E-state index is 13.3. The van der Waals surface area contributed by atoms with Crippen LogP contribution in [0, 0.1) is 5.41 Å². The lowest BCUT2D eigenvalue weighted by Crippen LogP contribution is -2.34. The third-order valence-electron chi connectivity index (χ3n) is 6.39. The molecule has 36 heavy (non-hydrogen) atoms. The van der Waals surface area contributed by atoms with Crippen LogP contribution in [0.15, 0.2) is 53.9 Å². The minimum absolute atomic E-state index is 0.0175. The number of ether oxygens (including phenoxy) is 2. The Hall–Kier alpha value is -3.58. The number of benzene rings is 2. The summed E-state index contributed by atoms with van der Waals surface area (Å²) in [6.07, 6.45) is 0.782. The zero-order chi connectivity index (χ0) is 25.4. The topological polar surface area (TPSA) is 65.4 Å². The van der Waals surface area contributed by atoms with E-state index in [0.717, 1.165) is 50.9 Å². The molecular formula is C29H31N3O3S. The molecule has 186 valence electrons. The van der Waals surface area contributed by atoms with E-state index in [9.17, 15) is 4.79 Å². The molecule has 0 aliphatic carbocycles. The molecule has 0 bridgehead atoms. The average molecular weight is 502 g/mol. The van der Waals surface area contributed by atoms with Crippen LogP contribution in [0.25, 0.3) is 33.0 Å². The molecule has 1 aliphatic rings. The van der Waals surface area contributed by atoms with E-state index >= 15 is 0 Å². The van der Waals surface area contributed by atoms with E-state index in [-0.39, 0.29) is 11.3 Å². The molecule has 1 amide bonds. The highest BCUT2D eigenvalue weighted by atomic mass is 32.1. The van der Waals surface area contributed by atoms with Gasteiger partial charge >= 0.3 is 0 Å². The fourth-order valence-corrected chi connectivity index (χ4v) is 5.37. The number of aryl methyl sites for hydroxylation is 1. The van der Waals surface area contributed by atoms with Gasteiger partial charge in [-0.1, -0.05) is 45.0 Å². The van der Waals surface area contributed by atoms with Gasteiger partial charge in [-0.3, -0.25) is 4.79 Å². The van der Waals surface area contributed by atoms with Gasteiger partial charge < -0.3 is 19.4 Å². The lowest BCUT2D eigenvalue weighted by atomic mass is 9.91. The Morgan fingerprint density at radius 2 is 1.81 bits per heavy atom. The first-order chi connectivity index (χ1) is 17.3. The van der Waals surface area contributed by atoms with Crippen molar-refractivity contribution in [3.8, 4) is 44.5 Å². The molecule has 0 atom stereocenters. The molecule has 0 spiro atoms. The first kappa shape index (κ1) is 24.1. The Bertz CT molecular complexity index is 1410. The number of methoxy groups -OCH3 is 2. The summed E-state index contributed by atoms with van der Waals surface area (Å²) in [6, 6.07) is 16.3. The monoisotopic (exact) mass is 501 g/mol. The second-order valence-electron chi connectivity index (χ2n) is 10.2. The second-order valence-corrected chi connectivity index (χ2v) is 11.1. The van der Waals surface area contributed by atoms with Crippen molar-refractivity contribution in [2.75, 3.05) is 20.8 Å². The predicted molar refractivity (Wildman–Crippen MR) is 145 cm³/mol. The lowest BCUT2D eigenvalue weighted by Gasteiger charge is -2.24. The molecule has 2 aromatic heterocycles. The van der Waals surface area contributed by atoms with Crippen molar-refractivity contribution < 1.29 is 14.3 Å². The van der Waals surface area contributed by atoms with E-state index in [0.29, 0.717) is 18.9 Å². The number of rotatable bonds is 6. The van der Waals surface area contributed by atoms with Crippen molar-refractivity contribution in [1.82, 2.24) is 14.9 Å². The summed E-state index contributed by atoms with van der Waals surface area (Å²) in [6.45, 7) is 7.57. The first-order valence-corrected chi connectivity index (χ1v) is 13.0. The zero-order valence-corrected chi connectivity index (χ0v) is 22.2. The van der Waals surface area contributed by atoms with E-state index in [1.165, 1.54) is 5.56 Å². The number of nitrogens with zero attached hydrogens (tertiary/aromatic N) is 2. The molecule has 1 aliphatic heterocycles. The summed E-state index contributed by atoms with van der Waals surface area (Å²) in [5, 5.41) is 5.13. The molecule has 1 N–H and O–H groups in total. The van der Waals surface area contributed by atoms with E-state index < -0.39 is 0 Å². The Labute approximate surface area is 215 Å². The standard InChI is InChI=1S/C29H31N3O3S/c1-29(2,3)17-30-28(33)27-31-25(24-11-8-14-36-24)26-20-16-21(19-9-6-7-10-22(19)34-4)23(35-5)15-18(20)12-13-32(26)27/h6-11,14-16H,12-13,17H2,1-5H3,(H,30,33). The average Bonchev–Trinajstić information content (AvgIpc) is 3.54. The number of para-hydroxylation sites is 1. The van der Waals surface area contributed by atoms with Crippen molar-refractivity contribution >= 4 is 17.2 Å². The van der Waals surface area contributed by atoms with Gasteiger partial charge in [0.1, 0.15) is 17.2 Å². The third-order valence-corrected chi connectivity index (χ3v) is 7.26. The van der Waals surface area contributed by atoms with Crippen LogP contribution in [-0.4, -0.2) is 36.2 Å². The molecule has 0 unspecified atom stereocenters. The van der Waals surface area contributed by atoms with E-state index in [4.69, 9.17) is 14.5 Å². The summed E-state index contributed by atoms with van der Waals surface area (Å²) >= 11 is 1.63. The fourth-order valence-electron chi connectivity index (χ4n) is 4.65. The number of carbonyl (C=O) groups excluding carboxylic acids is 1. The Morgan fingerprint density at radius 1 is 1.03 bits per heavy atom. The van der Waals surface area contributed by atoms with Gasteiger partial charge in [-0.2, -0.15) is 0 Å². The summed E-state index contributed by atoms with van der Waals surface area (Å²) in [5.41, 5.74) is 5.93. The highest BCUT2D eigenvalue weighted by molar-refractivity contribution is 7.13. The predicted octanol–water partition coefficient (Wildman–Crippen LogP) is 6.29. The van der Waals surface area contributed by atoms with E-state index in [1.54, 1.807) is 25.6 Å². The van der Waals surface area contributed by atoms with Crippen molar-refractivity contribution in [3.63, 3.8) is 0 Å². The summed E-state index contributed by atoms with van der Waals surface area (Å²) in [7, 11) is 3.37. The number of hydrogen-bond donors (Lipinski definition) is 1. The highest BCUT2D eigenvalue weighted by Gasteiger charge is 2.30. The number of fused-ring (bicyclic) bond motifs is 3. The van der Waals surface area contributed by atoms with Gasteiger partial charge in [0.15, 0.2) is 5.82 Å². The van der Waals surface area contributed by atoms with Crippen LogP contribution >= 0.6 is 11.3 Å². The molecule has 3 heterocycles. The largest absolute Gasteiger partial charge is 0.496 e. The second kappa shape index (κ2) is 9.47. The van der Waals surface area contributed by atoms with Crippen LogP contribution in [0.5, 0.6) is 11.5 Å². The number of amides is 1. The van der Waals surface area contributed by atoms with Gasteiger partial charge in [-0.05, 0) is 47.0 Å². The number of hydrogen-bond acceptors (Lipinski definition) is 5. The number of nitrogens with one attached hydrogen (secondary N) is 1. The van der Waals surface area contributed by atoms with Crippen LogP contribution in [0.1, 0.15) is 37.0 Å². The number of aromatic nitrogens is 2. The van der Waals surface area contributed by atoms with Crippen molar-refractivity contribution in [1.29, 1.82) is 0 Å². The molecule has 7 heteroatoms. The molecule has 2 aromatic carbocycles.